The zero-order valence-electron chi connectivity index (χ0n) is 18.3. The first kappa shape index (κ1) is 23.2. The maximum Gasteiger partial charge on any atom is 0.337 e. The summed E-state index contributed by atoms with van der Waals surface area (Å²) in [5.41, 5.74) is 2.28. The molecule has 0 bridgehead atoms. The molecule has 172 valence electrons. The van der Waals surface area contributed by atoms with Crippen molar-refractivity contribution in [2.24, 2.45) is 0 Å². The number of benzene rings is 3. The van der Waals surface area contributed by atoms with E-state index in [1.165, 1.54) is 24.9 Å². The van der Waals surface area contributed by atoms with Gasteiger partial charge in [-0.3, -0.25) is 9.36 Å². The van der Waals surface area contributed by atoms with E-state index < -0.39 is 11.8 Å². The van der Waals surface area contributed by atoms with Crippen LogP contribution in [-0.4, -0.2) is 39.5 Å². The lowest BCUT2D eigenvalue weighted by Crippen LogP contribution is -2.15. The number of nitrogens with one attached hydrogen (secondary N) is 1. The highest BCUT2D eigenvalue weighted by atomic mass is 32.2. The van der Waals surface area contributed by atoms with Crippen LogP contribution in [0.5, 0.6) is 0 Å². The summed E-state index contributed by atoms with van der Waals surface area (Å²) in [6, 6.07) is 22.5. The van der Waals surface area contributed by atoms with Crippen LogP contribution < -0.4 is 5.32 Å². The van der Waals surface area contributed by atoms with E-state index in [9.17, 15) is 14.0 Å². The van der Waals surface area contributed by atoms with E-state index >= 15 is 0 Å². The number of aromatic nitrogens is 3. The molecular formula is C25H21FN4O3S. The molecule has 0 saturated carbocycles. The van der Waals surface area contributed by atoms with E-state index in [1.54, 1.807) is 47.0 Å². The summed E-state index contributed by atoms with van der Waals surface area (Å²) in [5.74, 6) is -0.630. The summed E-state index contributed by atoms with van der Waals surface area (Å²) >= 11 is 1.21. The van der Waals surface area contributed by atoms with Crippen molar-refractivity contribution >= 4 is 29.3 Å². The number of esters is 1. The summed E-state index contributed by atoms with van der Waals surface area (Å²) in [6.07, 6.45) is 0. The Bertz CT molecular complexity index is 1290. The van der Waals surface area contributed by atoms with Gasteiger partial charge in [0.2, 0.25) is 5.91 Å². The summed E-state index contributed by atoms with van der Waals surface area (Å²) in [5, 5.41) is 11.7. The van der Waals surface area contributed by atoms with Crippen molar-refractivity contribution in [1.82, 2.24) is 14.8 Å². The molecule has 1 N–H and O–H groups in total. The van der Waals surface area contributed by atoms with Crippen molar-refractivity contribution in [2.45, 2.75) is 11.7 Å². The molecule has 0 aliphatic carbocycles. The van der Waals surface area contributed by atoms with Crippen LogP contribution in [0.25, 0.3) is 11.4 Å². The molecule has 0 fully saturated rings. The highest BCUT2D eigenvalue weighted by Gasteiger charge is 2.18. The lowest BCUT2D eigenvalue weighted by atomic mass is 10.2. The Labute approximate surface area is 200 Å². The fourth-order valence-electron chi connectivity index (χ4n) is 3.28. The monoisotopic (exact) mass is 476 g/mol. The van der Waals surface area contributed by atoms with Gasteiger partial charge < -0.3 is 10.1 Å². The van der Waals surface area contributed by atoms with E-state index in [1.807, 2.05) is 30.3 Å². The van der Waals surface area contributed by atoms with Crippen LogP contribution in [0.4, 0.5) is 10.1 Å². The fourth-order valence-corrected chi connectivity index (χ4v) is 4.02. The molecule has 1 amide bonds. The Kier molecular flexibility index (Phi) is 7.34. The van der Waals surface area contributed by atoms with Crippen molar-refractivity contribution in [3.63, 3.8) is 0 Å². The molecule has 3 aromatic carbocycles. The third kappa shape index (κ3) is 5.49. The number of rotatable bonds is 8. The Morgan fingerprint density at radius 1 is 0.971 bits per heavy atom. The minimum absolute atomic E-state index is 0.0724. The highest BCUT2D eigenvalue weighted by molar-refractivity contribution is 7.99. The van der Waals surface area contributed by atoms with Crippen LogP contribution >= 0.6 is 11.8 Å². The second-order valence-corrected chi connectivity index (χ2v) is 8.21. The van der Waals surface area contributed by atoms with Gasteiger partial charge in [-0.1, -0.05) is 54.2 Å². The number of hydrogen-bond donors (Lipinski definition) is 1. The van der Waals surface area contributed by atoms with Gasteiger partial charge in [-0.15, -0.1) is 10.2 Å². The van der Waals surface area contributed by atoms with Crippen LogP contribution in [-0.2, 0) is 16.1 Å². The third-order valence-electron chi connectivity index (χ3n) is 4.94. The van der Waals surface area contributed by atoms with Gasteiger partial charge in [0.1, 0.15) is 5.82 Å². The number of thioether (sulfide) groups is 1. The Balaban J connectivity index is 1.50. The van der Waals surface area contributed by atoms with Crippen molar-refractivity contribution in [3.8, 4) is 11.4 Å². The van der Waals surface area contributed by atoms with E-state index in [0.717, 1.165) is 5.56 Å². The Morgan fingerprint density at radius 3 is 2.38 bits per heavy atom. The number of ether oxygens (including phenoxy) is 1. The summed E-state index contributed by atoms with van der Waals surface area (Å²) in [4.78, 5) is 24.1. The largest absolute Gasteiger partial charge is 0.465 e. The number of amides is 1. The lowest BCUT2D eigenvalue weighted by Gasteiger charge is -2.11. The topological polar surface area (TPSA) is 86.1 Å². The maximum absolute atomic E-state index is 14.5. The van der Waals surface area contributed by atoms with Crippen molar-refractivity contribution in [1.29, 1.82) is 0 Å². The smallest absolute Gasteiger partial charge is 0.337 e. The first-order chi connectivity index (χ1) is 16.5. The maximum atomic E-state index is 14.5. The second-order valence-electron chi connectivity index (χ2n) is 7.26. The molecule has 0 aliphatic heterocycles. The van der Waals surface area contributed by atoms with Crippen molar-refractivity contribution < 1.29 is 18.7 Å². The van der Waals surface area contributed by atoms with Gasteiger partial charge >= 0.3 is 5.97 Å². The minimum Gasteiger partial charge on any atom is -0.465 e. The Hall–Kier alpha value is -3.98. The van der Waals surface area contributed by atoms with Crippen molar-refractivity contribution in [3.05, 3.63) is 95.8 Å². The highest BCUT2D eigenvalue weighted by Crippen LogP contribution is 2.27. The lowest BCUT2D eigenvalue weighted by molar-refractivity contribution is -0.113. The first-order valence-corrected chi connectivity index (χ1v) is 11.4. The van der Waals surface area contributed by atoms with Gasteiger partial charge in [-0.05, 0) is 42.0 Å². The molecule has 0 spiro atoms. The molecule has 0 radical (unpaired) electrons. The first-order valence-electron chi connectivity index (χ1n) is 10.4. The number of carbonyl (C=O) groups is 2. The van der Waals surface area contributed by atoms with Gasteiger partial charge in [0.05, 0.1) is 30.5 Å². The fraction of sp³-hybridized carbons (Fsp3) is 0.120. The van der Waals surface area contributed by atoms with Gasteiger partial charge in [0.25, 0.3) is 0 Å². The molecular weight excluding hydrogens is 455 g/mol. The summed E-state index contributed by atoms with van der Waals surface area (Å²) in [6.45, 7) is 0.427. The van der Waals surface area contributed by atoms with Gasteiger partial charge in [-0.2, -0.15) is 0 Å². The molecule has 34 heavy (non-hydrogen) atoms. The van der Waals surface area contributed by atoms with Gasteiger partial charge in [-0.25, -0.2) is 9.18 Å². The zero-order valence-corrected chi connectivity index (χ0v) is 19.1. The van der Waals surface area contributed by atoms with Crippen LogP contribution in [0, 0.1) is 5.82 Å². The molecule has 0 aliphatic rings. The quantitative estimate of drug-likeness (QED) is 0.294. The van der Waals surface area contributed by atoms with Gasteiger partial charge in [0.15, 0.2) is 11.0 Å². The van der Waals surface area contributed by atoms with Crippen molar-refractivity contribution in [2.75, 3.05) is 18.2 Å². The normalized spacial score (nSPS) is 10.6. The molecule has 9 heteroatoms. The predicted molar refractivity (Wildman–Crippen MR) is 128 cm³/mol. The second kappa shape index (κ2) is 10.8. The van der Waals surface area contributed by atoms with E-state index in [2.05, 4.69) is 20.3 Å². The molecule has 0 unspecified atom stereocenters. The van der Waals surface area contributed by atoms with E-state index in [4.69, 9.17) is 0 Å². The number of halogens is 1. The molecule has 4 rings (SSSR count). The average Bonchev–Trinajstić information content (AvgIpc) is 3.25. The molecule has 4 aromatic rings. The molecule has 7 nitrogen and oxygen atoms in total. The predicted octanol–water partition coefficient (Wildman–Crippen LogP) is 4.65. The summed E-state index contributed by atoms with van der Waals surface area (Å²) < 4.78 is 21.0. The molecule has 1 heterocycles. The van der Waals surface area contributed by atoms with Crippen LogP contribution in [0.2, 0.25) is 0 Å². The average molecular weight is 477 g/mol. The van der Waals surface area contributed by atoms with E-state index in [-0.39, 0.29) is 11.7 Å². The number of hydrogen-bond acceptors (Lipinski definition) is 6. The third-order valence-corrected chi connectivity index (χ3v) is 5.90. The van der Waals surface area contributed by atoms with Crippen LogP contribution in [0.15, 0.2) is 84.0 Å². The van der Waals surface area contributed by atoms with Gasteiger partial charge in [0, 0.05) is 5.69 Å². The SMILES string of the molecule is COC(=O)c1ccc(NC(=O)CSc2nnc(-c3ccccc3F)n2Cc2ccccc2)cc1. The number of anilines is 1. The molecule has 1 aromatic heterocycles. The number of methoxy groups -OCH3 is 1. The van der Waals surface area contributed by atoms with Crippen LogP contribution in [0.3, 0.4) is 0 Å². The summed E-state index contributed by atoms with van der Waals surface area (Å²) in [7, 11) is 1.31. The van der Waals surface area contributed by atoms with Crippen LogP contribution in [0.1, 0.15) is 15.9 Å². The van der Waals surface area contributed by atoms with E-state index in [0.29, 0.717) is 34.3 Å². The Morgan fingerprint density at radius 2 is 1.68 bits per heavy atom. The standard InChI is InChI=1S/C25H21FN4O3S/c1-33-24(32)18-11-13-19(14-12-18)27-22(31)16-34-25-29-28-23(20-9-5-6-10-21(20)26)30(25)15-17-7-3-2-4-8-17/h2-14H,15-16H2,1H3,(H,27,31). The number of carbonyl (C=O) groups excluding carboxylic acids is 2. The number of nitrogens with zero attached hydrogens (tertiary/aromatic N) is 3. The zero-order chi connectivity index (χ0) is 23.9. The molecule has 0 atom stereocenters. The molecule has 0 saturated heterocycles. The minimum atomic E-state index is -0.447.